The fourth-order valence-corrected chi connectivity index (χ4v) is 2.99. The van der Waals surface area contributed by atoms with E-state index in [0.29, 0.717) is 11.7 Å². The van der Waals surface area contributed by atoms with Crippen LogP contribution in [0.5, 0.6) is 0 Å². The lowest BCUT2D eigenvalue weighted by Crippen LogP contribution is -2.51. The molecule has 2 unspecified atom stereocenters. The molecule has 0 aromatic heterocycles. The average molecular weight is 284 g/mol. The summed E-state index contributed by atoms with van der Waals surface area (Å²) < 4.78 is 14.4. The number of benzene rings is 2. The van der Waals surface area contributed by atoms with Crippen molar-refractivity contribution in [3.63, 3.8) is 0 Å². The number of piperazine rings is 1. The Morgan fingerprint density at radius 1 is 1.14 bits per heavy atom. The standard InChI is InChI=1S/C18H21FN2/c1-13-8-9-17(16(19)10-13)21-12-14(2)20-11-18(21)15-6-4-3-5-7-15/h3-10,14,18,20H,11-12H2,1-2H3. The molecule has 1 N–H and O–H groups in total. The van der Waals surface area contributed by atoms with E-state index < -0.39 is 0 Å². The Labute approximate surface area is 125 Å². The molecule has 0 bridgehead atoms. The molecule has 0 aliphatic carbocycles. The van der Waals surface area contributed by atoms with Crippen LogP contribution in [0.1, 0.15) is 24.1 Å². The molecule has 2 aromatic carbocycles. The van der Waals surface area contributed by atoms with Crippen LogP contribution in [0.2, 0.25) is 0 Å². The number of rotatable bonds is 2. The number of aryl methyl sites for hydroxylation is 1. The minimum Gasteiger partial charge on any atom is -0.359 e. The third-order valence-electron chi connectivity index (χ3n) is 4.10. The summed E-state index contributed by atoms with van der Waals surface area (Å²) in [5.41, 5.74) is 2.87. The van der Waals surface area contributed by atoms with Crippen molar-refractivity contribution < 1.29 is 4.39 Å². The van der Waals surface area contributed by atoms with Gasteiger partial charge in [-0.3, -0.25) is 0 Å². The molecule has 0 radical (unpaired) electrons. The number of nitrogens with one attached hydrogen (secondary N) is 1. The lowest BCUT2D eigenvalue weighted by molar-refractivity contribution is 0.412. The number of hydrogen-bond acceptors (Lipinski definition) is 2. The molecule has 3 heteroatoms. The van der Waals surface area contributed by atoms with Gasteiger partial charge in [0.25, 0.3) is 0 Å². The zero-order valence-electron chi connectivity index (χ0n) is 12.5. The van der Waals surface area contributed by atoms with Crippen molar-refractivity contribution in [2.45, 2.75) is 25.9 Å². The van der Waals surface area contributed by atoms with E-state index in [1.165, 1.54) is 5.56 Å². The maximum Gasteiger partial charge on any atom is 0.146 e. The SMILES string of the molecule is Cc1ccc(N2CC(C)NCC2c2ccccc2)c(F)c1. The maximum atomic E-state index is 14.4. The number of nitrogens with zero attached hydrogens (tertiary/aromatic N) is 1. The van der Waals surface area contributed by atoms with E-state index in [-0.39, 0.29) is 11.9 Å². The first-order valence-electron chi connectivity index (χ1n) is 7.46. The van der Waals surface area contributed by atoms with Gasteiger partial charge in [-0.15, -0.1) is 0 Å². The number of halogens is 1. The van der Waals surface area contributed by atoms with Gasteiger partial charge in [0.05, 0.1) is 11.7 Å². The van der Waals surface area contributed by atoms with Crippen molar-refractivity contribution >= 4 is 5.69 Å². The van der Waals surface area contributed by atoms with Crippen LogP contribution in [0, 0.1) is 12.7 Å². The van der Waals surface area contributed by atoms with Crippen molar-refractivity contribution in [2.75, 3.05) is 18.0 Å². The predicted molar refractivity (Wildman–Crippen MR) is 85.1 cm³/mol. The smallest absolute Gasteiger partial charge is 0.146 e. The highest BCUT2D eigenvalue weighted by atomic mass is 19.1. The van der Waals surface area contributed by atoms with Crippen LogP contribution in [-0.2, 0) is 0 Å². The van der Waals surface area contributed by atoms with Crippen LogP contribution in [0.4, 0.5) is 10.1 Å². The van der Waals surface area contributed by atoms with Crippen LogP contribution < -0.4 is 10.2 Å². The van der Waals surface area contributed by atoms with E-state index in [2.05, 4.69) is 29.3 Å². The minimum atomic E-state index is -0.134. The van der Waals surface area contributed by atoms with Gasteiger partial charge in [-0.2, -0.15) is 0 Å². The molecule has 2 aromatic rings. The van der Waals surface area contributed by atoms with Crippen molar-refractivity contribution in [1.29, 1.82) is 0 Å². The largest absolute Gasteiger partial charge is 0.359 e. The molecule has 0 spiro atoms. The van der Waals surface area contributed by atoms with Gasteiger partial charge in [0.1, 0.15) is 5.82 Å². The number of anilines is 1. The lowest BCUT2D eigenvalue weighted by atomic mass is 10.00. The average Bonchev–Trinajstić information content (AvgIpc) is 2.48. The monoisotopic (exact) mass is 284 g/mol. The molecule has 2 nitrogen and oxygen atoms in total. The Balaban J connectivity index is 1.98. The molecule has 2 atom stereocenters. The van der Waals surface area contributed by atoms with Crippen molar-refractivity contribution in [3.8, 4) is 0 Å². The summed E-state index contributed by atoms with van der Waals surface area (Å²) in [6, 6.07) is 16.3. The molecule has 1 fully saturated rings. The van der Waals surface area contributed by atoms with E-state index in [1.54, 1.807) is 6.07 Å². The number of hydrogen-bond donors (Lipinski definition) is 1. The van der Waals surface area contributed by atoms with Crippen LogP contribution in [0.25, 0.3) is 0 Å². The normalized spacial score (nSPS) is 22.3. The lowest BCUT2D eigenvalue weighted by Gasteiger charge is -2.41. The zero-order chi connectivity index (χ0) is 14.8. The zero-order valence-corrected chi connectivity index (χ0v) is 12.5. The van der Waals surface area contributed by atoms with Crippen molar-refractivity contribution in [3.05, 3.63) is 65.5 Å². The summed E-state index contributed by atoms with van der Waals surface area (Å²) >= 11 is 0. The molecule has 1 aliphatic rings. The van der Waals surface area contributed by atoms with Gasteiger partial charge in [-0.1, -0.05) is 36.4 Å². The first-order valence-corrected chi connectivity index (χ1v) is 7.46. The van der Waals surface area contributed by atoms with E-state index in [9.17, 15) is 4.39 Å². The molecule has 0 saturated carbocycles. The second-order valence-corrected chi connectivity index (χ2v) is 5.84. The van der Waals surface area contributed by atoms with Crippen molar-refractivity contribution in [1.82, 2.24) is 5.32 Å². The molecular weight excluding hydrogens is 263 g/mol. The molecule has 0 amide bonds. The molecule has 21 heavy (non-hydrogen) atoms. The summed E-state index contributed by atoms with van der Waals surface area (Å²) in [6.07, 6.45) is 0. The molecule has 110 valence electrons. The van der Waals surface area contributed by atoms with Gasteiger partial charge in [0, 0.05) is 19.1 Å². The highest BCUT2D eigenvalue weighted by Crippen LogP contribution is 2.31. The van der Waals surface area contributed by atoms with Gasteiger partial charge in [-0.25, -0.2) is 4.39 Å². The van der Waals surface area contributed by atoms with Gasteiger partial charge < -0.3 is 10.2 Å². The Hall–Kier alpha value is -1.87. The summed E-state index contributed by atoms with van der Waals surface area (Å²) in [5.74, 6) is -0.134. The summed E-state index contributed by atoms with van der Waals surface area (Å²) in [4.78, 5) is 2.19. The van der Waals surface area contributed by atoms with Gasteiger partial charge in [-0.05, 0) is 37.1 Å². The van der Waals surface area contributed by atoms with Crippen LogP contribution in [0.3, 0.4) is 0 Å². The predicted octanol–water partition coefficient (Wildman–Crippen LogP) is 3.67. The summed E-state index contributed by atoms with van der Waals surface area (Å²) in [7, 11) is 0. The van der Waals surface area contributed by atoms with E-state index in [0.717, 1.165) is 18.7 Å². The minimum absolute atomic E-state index is 0.134. The van der Waals surface area contributed by atoms with Gasteiger partial charge >= 0.3 is 0 Å². The quantitative estimate of drug-likeness (QED) is 0.905. The molecular formula is C18H21FN2. The van der Waals surface area contributed by atoms with Crippen LogP contribution in [0.15, 0.2) is 48.5 Å². The Kier molecular flexibility index (Phi) is 3.93. The Morgan fingerprint density at radius 3 is 2.62 bits per heavy atom. The fourth-order valence-electron chi connectivity index (χ4n) is 2.99. The summed E-state index contributed by atoms with van der Waals surface area (Å²) in [5, 5.41) is 3.50. The highest BCUT2D eigenvalue weighted by molar-refractivity contribution is 5.52. The van der Waals surface area contributed by atoms with Crippen LogP contribution >= 0.6 is 0 Å². The highest BCUT2D eigenvalue weighted by Gasteiger charge is 2.28. The van der Waals surface area contributed by atoms with E-state index >= 15 is 0 Å². The fraction of sp³-hybridized carbons (Fsp3) is 0.333. The molecule has 1 aliphatic heterocycles. The maximum absolute atomic E-state index is 14.4. The Bertz CT molecular complexity index is 612. The topological polar surface area (TPSA) is 15.3 Å². The second-order valence-electron chi connectivity index (χ2n) is 5.84. The first kappa shape index (κ1) is 14.1. The van der Waals surface area contributed by atoms with Gasteiger partial charge in [0.15, 0.2) is 0 Å². The first-order chi connectivity index (χ1) is 10.1. The third kappa shape index (κ3) is 2.93. The molecule has 1 saturated heterocycles. The van der Waals surface area contributed by atoms with E-state index in [4.69, 9.17) is 0 Å². The van der Waals surface area contributed by atoms with E-state index in [1.807, 2.05) is 37.3 Å². The second kappa shape index (κ2) is 5.86. The van der Waals surface area contributed by atoms with Gasteiger partial charge in [0.2, 0.25) is 0 Å². The summed E-state index contributed by atoms with van der Waals surface area (Å²) in [6.45, 7) is 5.69. The molecule has 1 heterocycles. The van der Waals surface area contributed by atoms with Crippen molar-refractivity contribution in [2.24, 2.45) is 0 Å². The Morgan fingerprint density at radius 2 is 1.90 bits per heavy atom. The molecule has 3 rings (SSSR count). The third-order valence-corrected chi connectivity index (χ3v) is 4.10. The van der Waals surface area contributed by atoms with Crippen LogP contribution in [-0.4, -0.2) is 19.1 Å².